The first kappa shape index (κ1) is 15.3. The lowest BCUT2D eigenvalue weighted by atomic mass is 10.3. The van der Waals surface area contributed by atoms with Crippen molar-refractivity contribution < 1.29 is 8.42 Å². The second-order valence-electron chi connectivity index (χ2n) is 3.74. The molecule has 0 radical (unpaired) electrons. The van der Waals surface area contributed by atoms with Gasteiger partial charge in [0.25, 0.3) is 0 Å². The van der Waals surface area contributed by atoms with Gasteiger partial charge in [-0.2, -0.15) is 0 Å². The van der Waals surface area contributed by atoms with Gasteiger partial charge in [0.1, 0.15) is 0 Å². The summed E-state index contributed by atoms with van der Waals surface area (Å²) in [5.41, 5.74) is 0.509. The van der Waals surface area contributed by atoms with Crippen LogP contribution in [0.5, 0.6) is 0 Å². The number of anilines is 1. The number of benzene rings is 1. The van der Waals surface area contributed by atoms with E-state index < -0.39 is 10.0 Å². The highest BCUT2D eigenvalue weighted by atomic mass is 79.9. The maximum absolute atomic E-state index is 11.9. The van der Waals surface area contributed by atoms with Crippen LogP contribution in [0.2, 0.25) is 0 Å². The molecule has 0 aliphatic heterocycles. The zero-order valence-electron chi connectivity index (χ0n) is 9.08. The van der Waals surface area contributed by atoms with E-state index >= 15 is 0 Å². The van der Waals surface area contributed by atoms with Crippen LogP contribution in [0.3, 0.4) is 0 Å². The molecule has 0 aliphatic rings. The summed E-state index contributed by atoms with van der Waals surface area (Å²) < 4.78 is 27.6. The largest absolute Gasteiger partial charge is 0.281 e. The van der Waals surface area contributed by atoms with E-state index in [2.05, 4.69) is 36.6 Å². The summed E-state index contributed by atoms with van der Waals surface area (Å²) in [4.78, 5) is 0. The van der Waals surface area contributed by atoms with Crippen LogP contribution in [0.15, 0.2) is 27.1 Å². The Morgan fingerprint density at radius 3 is 2.35 bits per heavy atom. The third-order valence-corrected chi connectivity index (χ3v) is 5.36. The fraction of sp³-hybridized carbons (Fsp3) is 0.400. The summed E-state index contributed by atoms with van der Waals surface area (Å²) in [7, 11) is -3.39. The van der Waals surface area contributed by atoms with Crippen LogP contribution in [0.25, 0.3) is 0 Å². The molecule has 0 aromatic heterocycles. The predicted octanol–water partition coefficient (Wildman–Crippen LogP) is 3.83. The predicted molar refractivity (Wildman–Crippen MR) is 79.1 cm³/mol. The minimum absolute atomic E-state index is 0.00424. The fourth-order valence-electron chi connectivity index (χ4n) is 1.21. The van der Waals surface area contributed by atoms with E-state index in [0.29, 0.717) is 20.5 Å². The maximum atomic E-state index is 11.9. The third-order valence-electron chi connectivity index (χ3n) is 1.99. The SMILES string of the molecule is CC(CCl)CS(=O)(=O)Nc1c(Br)cccc1Br. The van der Waals surface area contributed by atoms with Crippen LogP contribution < -0.4 is 4.72 Å². The minimum Gasteiger partial charge on any atom is -0.281 e. The van der Waals surface area contributed by atoms with Crippen molar-refractivity contribution in [2.75, 3.05) is 16.4 Å². The van der Waals surface area contributed by atoms with Crippen molar-refractivity contribution in [2.45, 2.75) is 6.92 Å². The normalized spacial score (nSPS) is 13.4. The maximum Gasteiger partial charge on any atom is 0.233 e. The first-order valence-electron chi connectivity index (χ1n) is 4.86. The summed E-state index contributed by atoms with van der Waals surface area (Å²) in [6.07, 6.45) is 0. The first-order valence-corrected chi connectivity index (χ1v) is 8.63. The molecule has 0 fully saturated rings. The number of para-hydroxylation sites is 1. The lowest BCUT2D eigenvalue weighted by Crippen LogP contribution is -2.22. The van der Waals surface area contributed by atoms with Crippen molar-refractivity contribution >= 4 is 59.2 Å². The molecule has 1 unspecified atom stereocenters. The van der Waals surface area contributed by atoms with E-state index in [-0.39, 0.29) is 11.7 Å². The number of hydrogen-bond donors (Lipinski definition) is 1. The van der Waals surface area contributed by atoms with Crippen LogP contribution in [0.1, 0.15) is 6.92 Å². The van der Waals surface area contributed by atoms with Gasteiger partial charge >= 0.3 is 0 Å². The Bertz CT molecular complexity index is 473. The van der Waals surface area contributed by atoms with Gasteiger partial charge in [-0.05, 0) is 49.9 Å². The van der Waals surface area contributed by atoms with Crippen molar-refractivity contribution in [3.63, 3.8) is 0 Å². The van der Waals surface area contributed by atoms with Gasteiger partial charge in [-0.1, -0.05) is 13.0 Å². The van der Waals surface area contributed by atoms with Crippen LogP contribution in [-0.4, -0.2) is 20.1 Å². The number of alkyl halides is 1. The van der Waals surface area contributed by atoms with Crippen LogP contribution in [-0.2, 0) is 10.0 Å². The lowest BCUT2D eigenvalue weighted by Gasteiger charge is -2.13. The Morgan fingerprint density at radius 1 is 1.35 bits per heavy atom. The van der Waals surface area contributed by atoms with E-state index in [1.807, 2.05) is 6.07 Å². The van der Waals surface area contributed by atoms with Crippen molar-refractivity contribution in [3.05, 3.63) is 27.1 Å². The molecule has 1 rings (SSSR count). The molecule has 0 bridgehead atoms. The third kappa shape index (κ3) is 4.77. The van der Waals surface area contributed by atoms with Gasteiger partial charge in [-0.25, -0.2) is 8.42 Å². The summed E-state index contributed by atoms with van der Waals surface area (Å²) in [6.45, 7) is 1.79. The lowest BCUT2D eigenvalue weighted by molar-refractivity contribution is 0.588. The number of sulfonamides is 1. The highest BCUT2D eigenvalue weighted by molar-refractivity contribution is 9.11. The average Bonchev–Trinajstić information content (AvgIpc) is 2.23. The highest BCUT2D eigenvalue weighted by Gasteiger charge is 2.17. The van der Waals surface area contributed by atoms with Crippen molar-refractivity contribution in [2.24, 2.45) is 5.92 Å². The Labute approximate surface area is 123 Å². The summed E-state index contributed by atoms with van der Waals surface area (Å²) in [6, 6.07) is 5.36. The molecule has 1 aromatic rings. The van der Waals surface area contributed by atoms with Gasteiger partial charge in [0, 0.05) is 14.8 Å². The Kier molecular flexibility index (Phi) is 5.76. The van der Waals surface area contributed by atoms with Crippen molar-refractivity contribution in [1.82, 2.24) is 0 Å². The second kappa shape index (κ2) is 6.41. The molecular weight excluding hydrogens is 393 g/mol. The molecule has 1 aromatic carbocycles. The summed E-state index contributed by atoms with van der Waals surface area (Å²) in [5, 5.41) is 0. The summed E-state index contributed by atoms with van der Waals surface area (Å²) in [5.74, 6) is 0.234. The second-order valence-corrected chi connectivity index (χ2v) is 7.52. The van der Waals surface area contributed by atoms with Gasteiger partial charge < -0.3 is 0 Å². The van der Waals surface area contributed by atoms with Gasteiger partial charge in [0.2, 0.25) is 10.0 Å². The molecule has 0 saturated carbocycles. The number of halogens is 3. The molecule has 0 saturated heterocycles. The van der Waals surface area contributed by atoms with Crippen LogP contribution in [0.4, 0.5) is 5.69 Å². The summed E-state index contributed by atoms with van der Waals surface area (Å²) >= 11 is 12.2. The Morgan fingerprint density at radius 2 is 1.88 bits per heavy atom. The van der Waals surface area contributed by atoms with E-state index in [1.54, 1.807) is 19.1 Å². The van der Waals surface area contributed by atoms with E-state index in [1.165, 1.54) is 0 Å². The number of nitrogens with one attached hydrogen (secondary N) is 1. The zero-order chi connectivity index (χ0) is 13.1. The molecule has 0 heterocycles. The monoisotopic (exact) mass is 403 g/mol. The van der Waals surface area contributed by atoms with Gasteiger partial charge in [-0.15, -0.1) is 11.6 Å². The van der Waals surface area contributed by atoms with Crippen molar-refractivity contribution in [3.8, 4) is 0 Å². The molecular formula is C10H12Br2ClNO2S. The topological polar surface area (TPSA) is 46.2 Å². The van der Waals surface area contributed by atoms with Gasteiger partial charge in [-0.3, -0.25) is 4.72 Å². The molecule has 17 heavy (non-hydrogen) atoms. The zero-order valence-corrected chi connectivity index (χ0v) is 13.8. The molecule has 3 nitrogen and oxygen atoms in total. The van der Waals surface area contributed by atoms with E-state index in [4.69, 9.17) is 11.6 Å². The van der Waals surface area contributed by atoms with Crippen molar-refractivity contribution in [1.29, 1.82) is 0 Å². The molecule has 0 amide bonds. The Balaban J connectivity index is 2.91. The average molecular weight is 406 g/mol. The Hall–Kier alpha value is 0.220. The van der Waals surface area contributed by atoms with Gasteiger partial charge in [0.05, 0.1) is 11.4 Å². The van der Waals surface area contributed by atoms with E-state index in [0.717, 1.165) is 0 Å². The molecule has 1 atom stereocenters. The van der Waals surface area contributed by atoms with Gasteiger partial charge in [0.15, 0.2) is 0 Å². The molecule has 0 spiro atoms. The number of rotatable bonds is 5. The first-order chi connectivity index (χ1) is 7.85. The number of hydrogen-bond acceptors (Lipinski definition) is 2. The molecule has 0 aliphatic carbocycles. The smallest absolute Gasteiger partial charge is 0.233 e. The molecule has 96 valence electrons. The molecule has 1 N–H and O–H groups in total. The molecule has 7 heteroatoms. The van der Waals surface area contributed by atoms with E-state index in [9.17, 15) is 8.42 Å². The minimum atomic E-state index is -3.39. The highest BCUT2D eigenvalue weighted by Crippen LogP contribution is 2.31. The quantitative estimate of drug-likeness (QED) is 0.757. The van der Waals surface area contributed by atoms with Crippen LogP contribution >= 0.6 is 43.5 Å². The van der Waals surface area contributed by atoms with Crippen LogP contribution in [0, 0.1) is 5.92 Å². The fourth-order valence-corrected chi connectivity index (χ4v) is 4.39. The standard InChI is InChI=1S/C10H12Br2ClNO2S/c1-7(5-13)6-17(15,16)14-10-8(11)3-2-4-9(10)12/h2-4,7,14H,5-6H2,1H3.